The molecule has 0 spiro atoms. The topological polar surface area (TPSA) is 9.23 Å². The maximum atomic E-state index is 13.5. The van der Waals surface area contributed by atoms with Gasteiger partial charge in [0.2, 0.25) is 0 Å². The fourth-order valence-electron chi connectivity index (χ4n) is 2.67. The highest BCUT2D eigenvalue weighted by Gasteiger charge is 2.19. The molecule has 0 saturated heterocycles. The van der Waals surface area contributed by atoms with Gasteiger partial charge in [0.15, 0.2) is 11.6 Å². The monoisotopic (exact) mass is 316 g/mol. The Balaban J connectivity index is 2.25. The zero-order chi connectivity index (χ0) is 16.8. The third kappa shape index (κ3) is 6.82. The fraction of sp³-hybridized carbons (Fsp3) is 0.667. The lowest BCUT2D eigenvalue weighted by Crippen LogP contribution is -2.27. The Morgan fingerprint density at radius 2 is 1.50 bits per heavy atom. The van der Waals surface area contributed by atoms with Gasteiger partial charge in [-0.2, -0.15) is 0 Å². The van der Waals surface area contributed by atoms with Crippen molar-refractivity contribution in [1.29, 1.82) is 0 Å². The zero-order valence-corrected chi connectivity index (χ0v) is 14.0. The number of rotatable bonds is 9. The number of ether oxygens (including phenoxy) is 1. The first-order valence-corrected chi connectivity index (χ1v) is 8.02. The Morgan fingerprint density at radius 1 is 0.909 bits per heavy atom. The van der Waals surface area contributed by atoms with E-state index in [-0.39, 0.29) is 17.3 Å². The van der Waals surface area contributed by atoms with Gasteiger partial charge in [0.25, 0.3) is 0 Å². The summed E-state index contributed by atoms with van der Waals surface area (Å²) in [6, 6.07) is 1.58. The van der Waals surface area contributed by atoms with Gasteiger partial charge in [-0.1, -0.05) is 19.3 Å². The third-order valence-corrected chi connectivity index (χ3v) is 3.62. The van der Waals surface area contributed by atoms with Crippen LogP contribution in [0, 0.1) is 17.5 Å². The van der Waals surface area contributed by atoms with Gasteiger partial charge in [-0.25, -0.2) is 13.2 Å². The van der Waals surface area contributed by atoms with Gasteiger partial charge in [0, 0.05) is 6.07 Å². The summed E-state index contributed by atoms with van der Waals surface area (Å²) in [5.74, 6) is -2.78. The summed E-state index contributed by atoms with van der Waals surface area (Å²) < 4.78 is 45.2. The molecule has 0 aliphatic rings. The molecule has 126 valence electrons. The molecule has 1 rings (SSSR count). The fourth-order valence-corrected chi connectivity index (χ4v) is 2.67. The zero-order valence-electron chi connectivity index (χ0n) is 14.0. The molecule has 0 aromatic heterocycles. The van der Waals surface area contributed by atoms with Gasteiger partial charge in [-0.3, -0.25) is 0 Å². The number of unbranched alkanes of at least 4 members (excludes halogenated alkanes) is 3. The van der Waals surface area contributed by atoms with Crippen molar-refractivity contribution >= 4 is 0 Å². The van der Waals surface area contributed by atoms with E-state index in [1.54, 1.807) is 0 Å². The molecule has 0 atom stereocenters. The average molecular weight is 316 g/mol. The summed E-state index contributed by atoms with van der Waals surface area (Å²) in [5.41, 5.74) is 0.128. The molecule has 1 aromatic carbocycles. The maximum absolute atomic E-state index is 13.5. The highest BCUT2D eigenvalue weighted by atomic mass is 19.2. The largest absolute Gasteiger partial charge is 0.373 e. The van der Waals surface area contributed by atoms with E-state index >= 15 is 0 Å². The smallest absolute Gasteiger partial charge is 0.161 e. The molecule has 0 heterocycles. The normalized spacial score (nSPS) is 12.2. The van der Waals surface area contributed by atoms with Crippen LogP contribution in [0.1, 0.15) is 65.4 Å². The first kappa shape index (κ1) is 19.0. The quantitative estimate of drug-likeness (QED) is 0.413. The van der Waals surface area contributed by atoms with Gasteiger partial charge >= 0.3 is 0 Å². The summed E-state index contributed by atoms with van der Waals surface area (Å²) in [6.45, 7) is 8.23. The van der Waals surface area contributed by atoms with E-state index in [0.717, 1.165) is 38.2 Å². The lowest BCUT2D eigenvalue weighted by atomic mass is 9.98. The Kier molecular flexibility index (Phi) is 7.40. The molecule has 0 amide bonds. The molecule has 22 heavy (non-hydrogen) atoms. The van der Waals surface area contributed by atoms with Crippen molar-refractivity contribution in [2.75, 3.05) is 0 Å². The van der Waals surface area contributed by atoms with Crippen LogP contribution in [0.15, 0.2) is 12.1 Å². The predicted octanol–water partition coefficient (Wildman–Crippen LogP) is 5.80. The second-order valence-electron chi connectivity index (χ2n) is 6.70. The van der Waals surface area contributed by atoms with Crippen LogP contribution in [0.4, 0.5) is 13.2 Å². The molecule has 0 radical (unpaired) electrons. The summed E-state index contributed by atoms with van der Waals surface area (Å²) in [5, 5.41) is 0. The summed E-state index contributed by atoms with van der Waals surface area (Å²) in [7, 11) is 0. The van der Waals surface area contributed by atoms with E-state index in [1.165, 1.54) is 0 Å². The van der Waals surface area contributed by atoms with Gasteiger partial charge in [-0.05, 0) is 58.6 Å². The molecule has 0 aliphatic heterocycles. The van der Waals surface area contributed by atoms with E-state index < -0.39 is 17.5 Å². The minimum Gasteiger partial charge on any atom is -0.373 e. The minimum atomic E-state index is -1.13. The van der Waals surface area contributed by atoms with Crippen LogP contribution in [0.5, 0.6) is 0 Å². The van der Waals surface area contributed by atoms with Crippen LogP contribution in [0.25, 0.3) is 0 Å². The highest BCUT2D eigenvalue weighted by Crippen LogP contribution is 2.21. The molecule has 0 saturated carbocycles. The van der Waals surface area contributed by atoms with E-state index in [1.807, 2.05) is 13.8 Å². The van der Waals surface area contributed by atoms with Gasteiger partial charge in [0.1, 0.15) is 5.82 Å². The predicted molar refractivity (Wildman–Crippen MR) is 83.4 cm³/mol. The lowest BCUT2D eigenvalue weighted by molar-refractivity contribution is -0.0615. The molecule has 4 heteroatoms. The Morgan fingerprint density at radius 3 is 2.14 bits per heavy atom. The Bertz CT molecular complexity index is 470. The van der Waals surface area contributed by atoms with Crippen molar-refractivity contribution in [3.05, 3.63) is 35.1 Å². The highest BCUT2D eigenvalue weighted by molar-refractivity contribution is 5.20. The number of benzene rings is 1. The van der Waals surface area contributed by atoms with Crippen molar-refractivity contribution in [2.24, 2.45) is 0 Å². The van der Waals surface area contributed by atoms with Crippen molar-refractivity contribution < 1.29 is 17.9 Å². The number of hydrogen-bond acceptors (Lipinski definition) is 1. The molecule has 0 N–H and O–H groups in total. The second-order valence-corrected chi connectivity index (χ2v) is 6.70. The summed E-state index contributed by atoms with van der Waals surface area (Å²) in [6.07, 6.45) is 5.41. The minimum absolute atomic E-state index is 0.125. The van der Waals surface area contributed by atoms with Crippen LogP contribution in [-0.2, 0) is 11.2 Å². The van der Waals surface area contributed by atoms with Crippen LogP contribution in [-0.4, -0.2) is 11.7 Å². The van der Waals surface area contributed by atoms with Crippen molar-refractivity contribution in [3.63, 3.8) is 0 Å². The maximum Gasteiger partial charge on any atom is 0.161 e. The standard InChI is InChI=1S/C18H27F3O/c1-13(2)22-18(3,4)10-8-6-5-7-9-14-11-16(20)17(21)12-15(14)19/h11-13H,5-10H2,1-4H3. The van der Waals surface area contributed by atoms with E-state index in [0.29, 0.717) is 12.5 Å². The molecule has 1 nitrogen and oxygen atoms in total. The molecule has 0 aliphatic carbocycles. The van der Waals surface area contributed by atoms with Crippen LogP contribution in [0.3, 0.4) is 0 Å². The van der Waals surface area contributed by atoms with Gasteiger partial charge in [0.05, 0.1) is 11.7 Å². The lowest BCUT2D eigenvalue weighted by Gasteiger charge is -2.27. The number of hydrogen-bond donors (Lipinski definition) is 0. The van der Waals surface area contributed by atoms with E-state index in [4.69, 9.17) is 4.74 Å². The van der Waals surface area contributed by atoms with Crippen molar-refractivity contribution in [1.82, 2.24) is 0 Å². The number of aryl methyl sites for hydroxylation is 1. The van der Waals surface area contributed by atoms with Crippen molar-refractivity contribution in [2.45, 2.75) is 77.9 Å². The Labute approximate surface area is 131 Å². The van der Waals surface area contributed by atoms with E-state index in [9.17, 15) is 13.2 Å². The molecular weight excluding hydrogens is 289 g/mol. The van der Waals surface area contributed by atoms with Gasteiger partial charge in [-0.15, -0.1) is 0 Å². The third-order valence-electron chi connectivity index (χ3n) is 3.62. The first-order chi connectivity index (χ1) is 10.2. The molecule has 0 fully saturated rings. The number of halogens is 3. The van der Waals surface area contributed by atoms with Crippen LogP contribution < -0.4 is 0 Å². The summed E-state index contributed by atoms with van der Waals surface area (Å²) in [4.78, 5) is 0. The second kappa shape index (κ2) is 8.56. The SMILES string of the molecule is CC(C)OC(C)(C)CCCCCCc1cc(F)c(F)cc1F. The first-order valence-electron chi connectivity index (χ1n) is 8.02. The molecule has 0 bridgehead atoms. The Hall–Kier alpha value is -1.03. The van der Waals surface area contributed by atoms with Crippen molar-refractivity contribution in [3.8, 4) is 0 Å². The van der Waals surface area contributed by atoms with Crippen LogP contribution >= 0.6 is 0 Å². The average Bonchev–Trinajstić information content (AvgIpc) is 2.37. The van der Waals surface area contributed by atoms with E-state index in [2.05, 4.69) is 13.8 Å². The molecule has 0 unspecified atom stereocenters. The molecular formula is C18H27F3O. The molecule has 1 aromatic rings. The van der Waals surface area contributed by atoms with Gasteiger partial charge < -0.3 is 4.74 Å². The summed E-state index contributed by atoms with van der Waals surface area (Å²) >= 11 is 0. The van der Waals surface area contributed by atoms with Crippen LogP contribution in [0.2, 0.25) is 0 Å².